The fourth-order valence-corrected chi connectivity index (χ4v) is 2.19. The molecule has 3 rings (SSSR count). The molecule has 0 aliphatic heterocycles. The van der Waals surface area contributed by atoms with Crippen LogP contribution in [-0.4, -0.2) is 10.5 Å². The lowest BCUT2D eigenvalue weighted by Gasteiger charge is -2.06. The summed E-state index contributed by atoms with van der Waals surface area (Å²) in [7, 11) is 1.80. The first-order valence-corrected chi connectivity index (χ1v) is 6.21. The summed E-state index contributed by atoms with van der Waals surface area (Å²) in [5.41, 5.74) is 2.76. The molecule has 0 saturated carbocycles. The molecule has 20 heavy (non-hydrogen) atoms. The summed E-state index contributed by atoms with van der Waals surface area (Å²) >= 11 is 0. The van der Waals surface area contributed by atoms with Crippen molar-refractivity contribution in [1.29, 1.82) is 0 Å². The molecule has 0 radical (unpaired) electrons. The van der Waals surface area contributed by atoms with Gasteiger partial charge in [-0.3, -0.25) is 4.79 Å². The Morgan fingerprint density at radius 2 is 2.20 bits per heavy atom. The first-order chi connectivity index (χ1) is 9.65. The highest BCUT2D eigenvalue weighted by molar-refractivity contribution is 5.97. The predicted molar refractivity (Wildman–Crippen MR) is 72.8 cm³/mol. The molecular formula is C15H13FN2O2. The van der Waals surface area contributed by atoms with Crippen molar-refractivity contribution in [2.75, 3.05) is 0 Å². The lowest BCUT2D eigenvalue weighted by atomic mass is 10.2. The zero-order chi connectivity index (χ0) is 14.1. The molecular weight excluding hydrogens is 259 g/mol. The van der Waals surface area contributed by atoms with Gasteiger partial charge < -0.3 is 14.3 Å². The zero-order valence-electron chi connectivity index (χ0n) is 10.9. The van der Waals surface area contributed by atoms with Crippen molar-refractivity contribution in [2.45, 2.75) is 6.54 Å². The molecule has 0 bridgehead atoms. The maximum absolute atomic E-state index is 13.0. The van der Waals surface area contributed by atoms with Crippen LogP contribution in [0.3, 0.4) is 0 Å². The fraction of sp³-hybridized carbons (Fsp3) is 0.133. The van der Waals surface area contributed by atoms with Crippen molar-refractivity contribution < 1.29 is 13.6 Å². The van der Waals surface area contributed by atoms with Crippen LogP contribution in [0.4, 0.5) is 4.39 Å². The first kappa shape index (κ1) is 12.5. The predicted octanol–water partition coefficient (Wildman–Crippen LogP) is 2.84. The summed E-state index contributed by atoms with van der Waals surface area (Å²) in [6, 6.07) is 9.65. The summed E-state index contributed by atoms with van der Waals surface area (Å²) < 4.78 is 20.1. The van der Waals surface area contributed by atoms with Gasteiger partial charge in [0.2, 0.25) is 0 Å². The monoisotopic (exact) mass is 272 g/mol. The van der Waals surface area contributed by atoms with Gasteiger partial charge in [-0.25, -0.2) is 4.39 Å². The highest BCUT2D eigenvalue weighted by Gasteiger charge is 2.14. The van der Waals surface area contributed by atoms with Gasteiger partial charge in [0.25, 0.3) is 5.91 Å². The smallest absolute Gasteiger partial charge is 0.268 e. The third-order valence-electron chi connectivity index (χ3n) is 3.24. The molecule has 0 aliphatic carbocycles. The van der Waals surface area contributed by atoms with E-state index >= 15 is 0 Å². The molecule has 0 spiro atoms. The number of hydrogen-bond acceptors (Lipinski definition) is 2. The molecule has 0 aliphatic rings. The maximum atomic E-state index is 13.0. The minimum Gasteiger partial charge on any atom is -0.463 e. The average molecular weight is 272 g/mol. The second-order valence-corrected chi connectivity index (χ2v) is 4.57. The number of aromatic nitrogens is 1. The van der Waals surface area contributed by atoms with Crippen molar-refractivity contribution in [3.63, 3.8) is 0 Å². The van der Waals surface area contributed by atoms with E-state index in [-0.39, 0.29) is 18.3 Å². The highest BCUT2D eigenvalue weighted by Crippen LogP contribution is 2.19. The zero-order valence-corrected chi connectivity index (χ0v) is 10.9. The van der Waals surface area contributed by atoms with Gasteiger partial charge in [0.05, 0.1) is 11.8 Å². The first-order valence-electron chi connectivity index (χ1n) is 6.21. The highest BCUT2D eigenvalue weighted by atomic mass is 19.1. The number of benzene rings is 1. The molecule has 4 nitrogen and oxygen atoms in total. The summed E-state index contributed by atoms with van der Waals surface area (Å²) in [5.74, 6) is -0.531. The summed E-state index contributed by atoms with van der Waals surface area (Å²) in [4.78, 5) is 12.1. The van der Waals surface area contributed by atoms with Crippen LogP contribution in [0.1, 0.15) is 16.1 Å². The van der Waals surface area contributed by atoms with E-state index in [0.717, 1.165) is 11.1 Å². The van der Waals surface area contributed by atoms with Gasteiger partial charge >= 0.3 is 0 Å². The number of rotatable bonds is 3. The molecule has 0 atom stereocenters. The van der Waals surface area contributed by atoms with Crippen LogP contribution in [0, 0.1) is 5.82 Å². The number of hydrogen-bond donors (Lipinski definition) is 1. The van der Waals surface area contributed by atoms with Crippen LogP contribution < -0.4 is 5.32 Å². The summed E-state index contributed by atoms with van der Waals surface area (Å²) in [6.45, 7) is 0.281. The number of nitrogens with zero attached hydrogens (tertiary/aromatic N) is 1. The third kappa shape index (κ3) is 2.18. The molecule has 2 heterocycles. The Morgan fingerprint density at radius 1 is 1.35 bits per heavy atom. The van der Waals surface area contributed by atoms with E-state index in [4.69, 9.17) is 4.42 Å². The molecule has 1 aromatic carbocycles. The van der Waals surface area contributed by atoms with E-state index in [0.29, 0.717) is 11.3 Å². The third-order valence-corrected chi connectivity index (χ3v) is 3.24. The average Bonchev–Trinajstić information content (AvgIpc) is 3.00. The second-order valence-electron chi connectivity index (χ2n) is 4.57. The Balaban J connectivity index is 1.76. The summed E-state index contributed by atoms with van der Waals surface area (Å²) in [6.07, 6.45) is 1.58. The van der Waals surface area contributed by atoms with E-state index in [9.17, 15) is 9.18 Å². The molecule has 1 N–H and O–H groups in total. The maximum Gasteiger partial charge on any atom is 0.268 e. The number of halogens is 1. The molecule has 0 saturated heterocycles. The van der Waals surface area contributed by atoms with E-state index in [1.54, 1.807) is 42.1 Å². The number of carbonyl (C=O) groups excluding carboxylic acids is 1. The van der Waals surface area contributed by atoms with Gasteiger partial charge in [-0.15, -0.1) is 0 Å². The van der Waals surface area contributed by atoms with Crippen molar-refractivity contribution >= 4 is 17.0 Å². The van der Waals surface area contributed by atoms with Gasteiger partial charge in [-0.2, -0.15) is 0 Å². The van der Waals surface area contributed by atoms with E-state index in [1.165, 1.54) is 12.1 Å². The Bertz CT molecular complexity index is 773. The number of nitrogens with one attached hydrogen (secondary N) is 1. The number of furan rings is 1. The second kappa shape index (κ2) is 4.85. The van der Waals surface area contributed by atoms with Gasteiger partial charge in [0.15, 0.2) is 5.58 Å². The number of amides is 1. The van der Waals surface area contributed by atoms with E-state index < -0.39 is 0 Å². The Morgan fingerprint density at radius 3 is 2.95 bits per heavy atom. The molecule has 2 aromatic heterocycles. The van der Waals surface area contributed by atoms with E-state index in [1.807, 2.05) is 0 Å². The van der Waals surface area contributed by atoms with Crippen LogP contribution in [0.5, 0.6) is 0 Å². The SMILES string of the molecule is Cn1c(C(=O)NCc2cccc(F)c2)cc2occc21. The molecule has 0 unspecified atom stereocenters. The van der Waals surface area contributed by atoms with Crippen molar-refractivity contribution in [2.24, 2.45) is 7.05 Å². The quantitative estimate of drug-likeness (QED) is 0.797. The summed E-state index contributed by atoms with van der Waals surface area (Å²) in [5, 5.41) is 2.77. The normalized spacial score (nSPS) is 10.9. The fourth-order valence-electron chi connectivity index (χ4n) is 2.19. The molecule has 1 amide bonds. The Labute approximate surface area is 114 Å². The van der Waals surface area contributed by atoms with Gasteiger partial charge in [0.1, 0.15) is 11.5 Å². The molecule has 0 fully saturated rings. The minimum atomic E-state index is -0.312. The molecule has 102 valence electrons. The topological polar surface area (TPSA) is 47.2 Å². The standard InChI is InChI=1S/C15H13FN2O2/c1-18-12-5-6-20-14(12)8-13(18)15(19)17-9-10-3-2-4-11(16)7-10/h2-8H,9H2,1H3,(H,17,19). The van der Waals surface area contributed by atoms with Crippen LogP contribution in [0.2, 0.25) is 0 Å². The van der Waals surface area contributed by atoms with Crippen molar-refractivity contribution in [3.05, 3.63) is 59.7 Å². The van der Waals surface area contributed by atoms with Crippen molar-refractivity contribution in [1.82, 2.24) is 9.88 Å². The number of carbonyl (C=O) groups is 1. The van der Waals surface area contributed by atoms with Crippen LogP contribution >= 0.6 is 0 Å². The minimum absolute atomic E-state index is 0.219. The largest absolute Gasteiger partial charge is 0.463 e. The number of aryl methyl sites for hydroxylation is 1. The van der Waals surface area contributed by atoms with Crippen LogP contribution in [0.25, 0.3) is 11.1 Å². The molecule has 5 heteroatoms. The van der Waals surface area contributed by atoms with Crippen LogP contribution in [-0.2, 0) is 13.6 Å². The van der Waals surface area contributed by atoms with Gasteiger partial charge in [-0.1, -0.05) is 12.1 Å². The van der Waals surface area contributed by atoms with Gasteiger partial charge in [-0.05, 0) is 17.7 Å². The Hall–Kier alpha value is -2.56. The van der Waals surface area contributed by atoms with Crippen molar-refractivity contribution in [3.8, 4) is 0 Å². The van der Waals surface area contributed by atoms with Crippen LogP contribution in [0.15, 0.2) is 47.1 Å². The Kier molecular flexibility index (Phi) is 3.02. The lowest BCUT2D eigenvalue weighted by Crippen LogP contribution is -2.24. The van der Waals surface area contributed by atoms with Gasteiger partial charge in [0, 0.05) is 25.7 Å². The molecule has 3 aromatic rings. The lowest BCUT2D eigenvalue weighted by molar-refractivity contribution is 0.0943. The number of fused-ring (bicyclic) bond motifs is 1. The van der Waals surface area contributed by atoms with E-state index in [2.05, 4.69) is 5.32 Å².